The van der Waals surface area contributed by atoms with Crippen molar-refractivity contribution in [1.82, 2.24) is 0 Å². The Bertz CT molecular complexity index is 880. The number of hydrogen-bond acceptors (Lipinski definition) is 4. The number of hydrogen-bond donors (Lipinski definition) is 1. The van der Waals surface area contributed by atoms with E-state index in [1.165, 1.54) is 24.3 Å². The number of anilines is 1. The highest BCUT2D eigenvalue weighted by molar-refractivity contribution is 7.93. The van der Waals surface area contributed by atoms with E-state index in [9.17, 15) is 25.1 Å². The fourth-order valence-electron chi connectivity index (χ4n) is 1.63. The van der Waals surface area contributed by atoms with Gasteiger partial charge in [-0.2, -0.15) is 8.42 Å². The van der Waals surface area contributed by atoms with Crippen molar-refractivity contribution < 1.29 is 25.1 Å². The molecule has 0 aliphatic rings. The van der Waals surface area contributed by atoms with Gasteiger partial charge in [-0.1, -0.05) is 24.3 Å². The van der Waals surface area contributed by atoms with E-state index in [0.717, 1.165) is 24.3 Å². The van der Waals surface area contributed by atoms with Gasteiger partial charge in [0, 0.05) is 0 Å². The van der Waals surface area contributed by atoms with Crippen molar-refractivity contribution in [2.45, 2.75) is 9.79 Å². The first kappa shape index (κ1) is 15.4. The van der Waals surface area contributed by atoms with Crippen LogP contribution in [0, 0.1) is 5.82 Å². The van der Waals surface area contributed by atoms with Gasteiger partial charge in [0.15, 0.2) is 0 Å². The standard InChI is InChI=1S/C12H9F2NO4S2/c13-9-5-1-3-7-11(9)21(18,19)15-10-6-2-4-8-12(10)20(14,16)17/h1-8,15H. The molecule has 0 saturated carbocycles. The van der Waals surface area contributed by atoms with E-state index in [4.69, 9.17) is 0 Å². The lowest BCUT2D eigenvalue weighted by molar-refractivity contribution is 0.552. The van der Waals surface area contributed by atoms with Crippen LogP contribution >= 0.6 is 0 Å². The number of rotatable bonds is 4. The Hall–Kier alpha value is -2.00. The molecule has 0 saturated heterocycles. The van der Waals surface area contributed by atoms with E-state index in [2.05, 4.69) is 0 Å². The van der Waals surface area contributed by atoms with Gasteiger partial charge in [0.2, 0.25) is 0 Å². The van der Waals surface area contributed by atoms with E-state index >= 15 is 0 Å². The molecule has 5 nitrogen and oxygen atoms in total. The van der Waals surface area contributed by atoms with Crippen molar-refractivity contribution in [3.63, 3.8) is 0 Å². The summed E-state index contributed by atoms with van der Waals surface area (Å²) >= 11 is 0. The van der Waals surface area contributed by atoms with Crippen LogP contribution in [0.1, 0.15) is 0 Å². The smallest absolute Gasteiger partial charge is 0.278 e. The predicted molar refractivity (Wildman–Crippen MR) is 71.9 cm³/mol. The minimum atomic E-state index is -5.12. The first-order chi connectivity index (χ1) is 9.72. The van der Waals surface area contributed by atoms with Crippen LogP contribution < -0.4 is 4.72 Å². The largest absolute Gasteiger partial charge is 0.334 e. The first-order valence-corrected chi connectivity index (χ1v) is 8.39. The van der Waals surface area contributed by atoms with Crippen molar-refractivity contribution >= 4 is 25.9 Å². The lowest BCUT2D eigenvalue weighted by atomic mass is 10.3. The molecule has 0 spiro atoms. The van der Waals surface area contributed by atoms with Crippen LogP contribution in [0.2, 0.25) is 0 Å². The fourth-order valence-corrected chi connectivity index (χ4v) is 3.47. The Morgan fingerprint density at radius 3 is 1.90 bits per heavy atom. The second kappa shape index (κ2) is 5.41. The molecular formula is C12H9F2NO4S2. The second-order valence-electron chi connectivity index (χ2n) is 3.97. The summed E-state index contributed by atoms with van der Waals surface area (Å²) in [5, 5.41) is 0. The third-order valence-electron chi connectivity index (χ3n) is 2.52. The summed E-state index contributed by atoms with van der Waals surface area (Å²) in [7, 11) is -9.50. The lowest BCUT2D eigenvalue weighted by Crippen LogP contribution is -2.16. The first-order valence-electron chi connectivity index (χ1n) is 5.53. The third-order valence-corrected chi connectivity index (χ3v) is 4.80. The van der Waals surface area contributed by atoms with Crippen molar-refractivity contribution in [2.75, 3.05) is 4.72 Å². The van der Waals surface area contributed by atoms with Gasteiger partial charge in [-0.05, 0) is 24.3 Å². The summed E-state index contributed by atoms with van der Waals surface area (Å²) in [6, 6.07) is 9.04. The van der Waals surface area contributed by atoms with Gasteiger partial charge in [0.25, 0.3) is 10.0 Å². The molecule has 9 heteroatoms. The normalized spacial score (nSPS) is 12.1. The van der Waals surface area contributed by atoms with E-state index in [-0.39, 0.29) is 0 Å². The molecule has 0 amide bonds. The third kappa shape index (κ3) is 3.37. The quantitative estimate of drug-likeness (QED) is 0.871. The minimum Gasteiger partial charge on any atom is -0.278 e. The number of benzene rings is 2. The molecule has 0 atom stereocenters. The van der Waals surface area contributed by atoms with Gasteiger partial charge < -0.3 is 0 Å². The maximum Gasteiger partial charge on any atom is 0.334 e. The maximum absolute atomic E-state index is 13.5. The number of nitrogens with one attached hydrogen (secondary N) is 1. The molecule has 0 fully saturated rings. The van der Waals surface area contributed by atoms with Gasteiger partial charge in [0.1, 0.15) is 15.6 Å². The molecule has 2 aromatic carbocycles. The highest BCUT2D eigenvalue weighted by Gasteiger charge is 2.23. The molecule has 0 aliphatic heterocycles. The predicted octanol–water partition coefficient (Wildman–Crippen LogP) is 2.28. The van der Waals surface area contributed by atoms with E-state index in [1.807, 2.05) is 4.72 Å². The zero-order chi connectivity index (χ0) is 15.7. The molecule has 1 N–H and O–H groups in total. The number of sulfonamides is 1. The Labute approximate surface area is 120 Å². The summed E-state index contributed by atoms with van der Waals surface area (Å²) in [6.07, 6.45) is 0. The summed E-state index contributed by atoms with van der Waals surface area (Å²) in [5.41, 5.74) is -0.497. The van der Waals surface area contributed by atoms with Crippen LogP contribution in [-0.4, -0.2) is 16.8 Å². The SMILES string of the molecule is O=S(=O)(F)c1ccccc1NS(=O)(=O)c1ccccc1F. The minimum absolute atomic E-state index is 0.497. The number of halogens is 2. The molecule has 0 heterocycles. The molecule has 0 aliphatic carbocycles. The monoisotopic (exact) mass is 333 g/mol. The van der Waals surface area contributed by atoms with Gasteiger partial charge in [-0.15, -0.1) is 3.89 Å². The average molecular weight is 333 g/mol. The molecule has 0 radical (unpaired) electrons. The van der Waals surface area contributed by atoms with E-state index < -0.39 is 41.5 Å². The molecule has 112 valence electrons. The Kier molecular flexibility index (Phi) is 3.97. The van der Waals surface area contributed by atoms with Crippen LogP contribution in [0.5, 0.6) is 0 Å². The summed E-state index contributed by atoms with van der Waals surface area (Å²) in [6.45, 7) is 0. The summed E-state index contributed by atoms with van der Waals surface area (Å²) in [4.78, 5) is -1.51. The molecule has 2 aromatic rings. The van der Waals surface area contributed by atoms with Crippen molar-refractivity contribution in [3.05, 3.63) is 54.3 Å². The zero-order valence-corrected chi connectivity index (χ0v) is 12.0. The van der Waals surface area contributed by atoms with Crippen molar-refractivity contribution in [3.8, 4) is 0 Å². The summed E-state index contributed by atoms with van der Waals surface area (Å²) < 4.78 is 74.5. The second-order valence-corrected chi connectivity index (χ2v) is 6.94. The van der Waals surface area contributed by atoms with Crippen molar-refractivity contribution in [1.29, 1.82) is 0 Å². The zero-order valence-electron chi connectivity index (χ0n) is 10.3. The Morgan fingerprint density at radius 1 is 0.810 bits per heavy atom. The Balaban J connectivity index is 2.51. The van der Waals surface area contributed by atoms with Crippen LogP contribution in [-0.2, 0) is 20.2 Å². The molecule has 0 bridgehead atoms. The van der Waals surface area contributed by atoms with Gasteiger partial charge in [-0.25, -0.2) is 12.8 Å². The van der Waals surface area contributed by atoms with E-state index in [0.29, 0.717) is 0 Å². The molecule has 21 heavy (non-hydrogen) atoms. The maximum atomic E-state index is 13.5. The van der Waals surface area contributed by atoms with Crippen LogP contribution in [0.4, 0.5) is 14.0 Å². The molecular weight excluding hydrogens is 324 g/mol. The number of para-hydroxylation sites is 1. The Morgan fingerprint density at radius 2 is 1.33 bits per heavy atom. The molecule has 0 aromatic heterocycles. The van der Waals surface area contributed by atoms with Gasteiger partial charge >= 0.3 is 10.2 Å². The fraction of sp³-hybridized carbons (Fsp3) is 0. The average Bonchev–Trinajstić information content (AvgIpc) is 2.38. The highest BCUT2D eigenvalue weighted by atomic mass is 32.3. The lowest BCUT2D eigenvalue weighted by Gasteiger charge is -2.10. The molecule has 2 rings (SSSR count). The van der Waals surface area contributed by atoms with Gasteiger partial charge in [-0.3, -0.25) is 4.72 Å². The van der Waals surface area contributed by atoms with E-state index in [1.54, 1.807) is 0 Å². The topological polar surface area (TPSA) is 80.3 Å². The van der Waals surface area contributed by atoms with Gasteiger partial charge in [0.05, 0.1) is 5.69 Å². The van der Waals surface area contributed by atoms with Crippen LogP contribution in [0.25, 0.3) is 0 Å². The van der Waals surface area contributed by atoms with Crippen molar-refractivity contribution in [2.24, 2.45) is 0 Å². The van der Waals surface area contributed by atoms with Crippen LogP contribution in [0.15, 0.2) is 58.3 Å². The van der Waals surface area contributed by atoms with Crippen LogP contribution in [0.3, 0.4) is 0 Å². The molecule has 0 unspecified atom stereocenters. The highest BCUT2D eigenvalue weighted by Crippen LogP contribution is 2.26. The summed E-state index contributed by atoms with van der Waals surface area (Å²) in [5.74, 6) is -1.01.